The highest BCUT2D eigenvalue weighted by Gasteiger charge is 2.38. The van der Waals surface area contributed by atoms with E-state index in [1.54, 1.807) is 6.07 Å². The third kappa shape index (κ3) is 3.27. The van der Waals surface area contributed by atoms with Crippen molar-refractivity contribution in [2.75, 3.05) is 26.3 Å². The van der Waals surface area contributed by atoms with Gasteiger partial charge in [-0.25, -0.2) is 0 Å². The number of carbonyl (C=O) groups is 1. The van der Waals surface area contributed by atoms with Gasteiger partial charge in [0.2, 0.25) is 0 Å². The Morgan fingerprint density at radius 3 is 2.68 bits per heavy atom. The molecule has 0 aliphatic carbocycles. The first kappa shape index (κ1) is 13.9. The molecular weight excluding hydrogens is 254 g/mol. The Labute approximate surface area is 110 Å². The highest BCUT2D eigenvalue weighted by Crippen LogP contribution is 2.28. The molecule has 19 heavy (non-hydrogen) atoms. The molecule has 0 saturated carbocycles. The van der Waals surface area contributed by atoms with Gasteiger partial charge in [0.1, 0.15) is 0 Å². The summed E-state index contributed by atoms with van der Waals surface area (Å²) in [6.07, 6.45) is 0. The summed E-state index contributed by atoms with van der Waals surface area (Å²) in [6, 6.07) is 5.83. The number of morpholine rings is 1. The summed E-state index contributed by atoms with van der Waals surface area (Å²) < 4.78 is 32.3. The van der Waals surface area contributed by atoms with E-state index in [2.05, 4.69) is 4.90 Å². The highest BCUT2D eigenvalue weighted by atomic mass is 19.3. The number of carbonyl (C=O) groups excluding carboxylic acids is 1. The third-order valence-corrected chi connectivity index (χ3v) is 3.11. The van der Waals surface area contributed by atoms with Crippen LogP contribution in [0.25, 0.3) is 0 Å². The predicted molar refractivity (Wildman–Crippen MR) is 65.6 cm³/mol. The Balaban J connectivity index is 2.12. The molecule has 0 unspecified atom stereocenters. The molecule has 1 fully saturated rings. The molecule has 0 spiro atoms. The van der Waals surface area contributed by atoms with Crippen molar-refractivity contribution in [2.24, 2.45) is 5.73 Å². The summed E-state index contributed by atoms with van der Waals surface area (Å²) >= 11 is 0. The van der Waals surface area contributed by atoms with Crippen molar-refractivity contribution >= 4 is 5.91 Å². The van der Waals surface area contributed by atoms with Gasteiger partial charge in [0.15, 0.2) is 0 Å². The molecule has 4 nitrogen and oxygen atoms in total. The van der Waals surface area contributed by atoms with Gasteiger partial charge in [-0.05, 0) is 11.6 Å². The quantitative estimate of drug-likeness (QED) is 0.891. The maximum absolute atomic E-state index is 13.5. The Hall–Kier alpha value is -1.53. The molecule has 1 saturated heterocycles. The number of rotatable bonds is 4. The lowest BCUT2D eigenvalue weighted by Crippen LogP contribution is -2.36. The van der Waals surface area contributed by atoms with E-state index in [1.807, 2.05) is 0 Å². The fourth-order valence-electron chi connectivity index (χ4n) is 2.02. The van der Waals surface area contributed by atoms with Gasteiger partial charge in [-0.1, -0.05) is 18.2 Å². The molecule has 6 heteroatoms. The van der Waals surface area contributed by atoms with Crippen molar-refractivity contribution < 1.29 is 18.3 Å². The minimum absolute atomic E-state index is 0.356. The minimum Gasteiger partial charge on any atom is -0.379 e. The fraction of sp³-hybridized carbons (Fsp3) is 0.462. The lowest BCUT2D eigenvalue weighted by atomic mass is 10.0. The second-order valence-electron chi connectivity index (χ2n) is 4.53. The van der Waals surface area contributed by atoms with Crippen LogP contribution in [0.4, 0.5) is 8.78 Å². The summed E-state index contributed by atoms with van der Waals surface area (Å²) in [5.74, 6) is -5.25. The lowest BCUT2D eigenvalue weighted by molar-refractivity contribution is -0.143. The molecular formula is C13H16F2N2O2. The van der Waals surface area contributed by atoms with E-state index < -0.39 is 11.8 Å². The van der Waals surface area contributed by atoms with Crippen molar-refractivity contribution in [3.63, 3.8) is 0 Å². The van der Waals surface area contributed by atoms with E-state index in [0.717, 1.165) is 18.7 Å². The van der Waals surface area contributed by atoms with Crippen LogP contribution >= 0.6 is 0 Å². The summed E-state index contributed by atoms with van der Waals surface area (Å²) in [6.45, 7) is 3.41. The molecule has 2 rings (SSSR count). The number of nitrogens with zero attached hydrogens (tertiary/aromatic N) is 1. The molecule has 0 radical (unpaired) electrons. The lowest BCUT2D eigenvalue weighted by Gasteiger charge is -2.26. The molecule has 1 amide bonds. The number of ether oxygens (including phenoxy) is 1. The summed E-state index contributed by atoms with van der Waals surface area (Å²) in [5, 5.41) is 0. The van der Waals surface area contributed by atoms with E-state index in [0.29, 0.717) is 19.8 Å². The second-order valence-corrected chi connectivity index (χ2v) is 4.53. The van der Waals surface area contributed by atoms with E-state index in [-0.39, 0.29) is 5.56 Å². The van der Waals surface area contributed by atoms with Crippen molar-refractivity contribution in [1.29, 1.82) is 0 Å². The fourth-order valence-corrected chi connectivity index (χ4v) is 2.02. The molecule has 1 aliphatic heterocycles. The van der Waals surface area contributed by atoms with Crippen LogP contribution in [0.1, 0.15) is 11.1 Å². The first-order valence-electron chi connectivity index (χ1n) is 6.07. The summed E-state index contributed by atoms with van der Waals surface area (Å²) in [4.78, 5) is 12.9. The standard InChI is InChI=1S/C13H16F2N2O2/c14-13(15,12(16)18)11-3-1-2-10(8-11)9-17-4-6-19-7-5-17/h1-3,8H,4-7,9H2,(H2,16,18). The number of benzene rings is 1. The van der Waals surface area contributed by atoms with Crippen molar-refractivity contribution in [3.05, 3.63) is 35.4 Å². The zero-order valence-electron chi connectivity index (χ0n) is 10.4. The third-order valence-electron chi connectivity index (χ3n) is 3.11. The Morgan fingerprint density at radius 2 is 2.05 bits per heavy atom. The molecule has 0 bridgehead atoms. The van der Waals surface area contributed by atoms with Crippen LogP contribution < -0.4 is 5.73 Å². The zero-order chi connectivity index (χ0) is 13.9. The Morgan fingerprint density at radius 1 is 1.37 bits per heavy atom. The topological polar surface area (TPSA) is 55.6 Å². The number of amides is 1. The molecule has 1 aromatic carbocycles. The van der Waals surface area contributed by atoms with Crippen LogP contribution in [-0.4, -0.2) is 37.1 Å². The maximum atomic E-state index is 13.5. The zero-order valence-corrected chi connectivity index (χ0v) is 10.4. The van der Waals surface area contributed by atoms with Gasteiger partial charge < -0.3 is 10.5 Å². The van der Waals surface area contributed by atoms with Crippen molar-refractivity contribution in [3.8, 4) is 0 Å². The van der Waals surface area contributed by atoms with Crippen LogP contribution in [0, 0.1) is 0 Å². The van der Waals surface area contributed by atoms with Crippen LogP contribution in [0.15, 0.2) is 24.3 Å². The number of alkyl halides is 2. The second kappa shape index (κ2) is 5.63. The maximum Gasteiger partial charge on any atom is 0.349 e. The molecule has 2 N–H and O–H groups in total. The Bertz CT molecular complexity index is 460. The van der Waals surface area contributed by atoms with Crippen LogP contribution in [-0.2, 0) is 22.0 Å². The van der Waals surface area contributed by atoms with E-state index in [4.69, 9.17) is 10.5 Å². The highest BCUT2D eigenvalue weighted by molar-refractivity contribution is 5.83. The van der Waals surface area contributed by atoms with Crippen LogP contribution in [0.3, 0.4) is 0 Å². The average molecular weight is 270 g/mol. The molecule has 1 aromatic rings. The number of hydrogen-bond acceptors (Lipinski definition) is 3. The van der Waals surface area contributed by atoms with E-state index in [9.17, 15) is 13.6 Å². The van der Waals surface area contributed by atoms with Gasteiger partial charge in [-0.2, -0.15) is 8.78 Å². The van der Waals surface area contributed by atoms with Crippen LogP contribution in [0.5, 0.6) is 0 Å². The predicted octanol–water partition coefficient (Wildman–Crippen LogP) is 1.10. The van der Waals surface area contributed by atoms with Gasteiger partial charge in [-0.3, -0.25) is 9.69 Å². The average Bonchev–Trinajstić information content (AvgIpc) is 2.40. The first-order valence-corrected chi connectivity index (χ1v) is 6.07. The first-order chi connectivity index (χ1) is 9.00. The van der Waals surface area contributed by atoms with Gasteiger partial charge in [0.25, 0.3) is 5.91 Å². The summed E-state index contributed by atoms with van der Waals surface area (Å²) in [7, 11) is 0. The molecule has 1 heterocycles. The largest absolute Gasteiger partial charge is 0.379 e. The summed E-state index contributed by atoms with van der Waals surface area (Å²) in [5.41, 5.74) is 5.10. The normalized spacial score (nSPS) is 17.4. The molecule has 0 aromatic heterocycles. The monoisotopic (exact) mass is 270 g/mol. The Kier molecular flexibility index (Phi) is 4.11. The molecule has 104 valence electrons. The van der Waals surface area contributed by atoms with Gasteiger partial charge in [-0.15, -0.1) is 0 Å². The number of nitrogens with two attached hydrogens (primary N) is 1. The molecule has 1 aliphatic rings. The smallest absolute Gasteiger partial charge is 0.349 e. The molecule has 0 atom stereocenters. The van der Waals surface area contributed by atoms with Gasteiger partial charge >= 0.3 is 5.92 Å². The SMILES string of the molecule is NC(=O)C(F)(F)c1cccc(CN2CCOCC2)c1. The minimum atomic E-state index is -3.62. The van der Waals surface area contributed by atoms with Crippen molar-refractivity contribution in [2.45, 2.75) is 12.5 Å². The van der Waals surface area contributed by atoms with E-state index >= 15 is 0 Å². The number of primary amides is 1. The number of halogens is 2. The number of hydrogen-bond donors (Lipinski definition) is 1. The van der Waals surface area contributed by atoms with Crippen LogP contribution in [0.2, 0.25) is 0 Å². The van der Waals surface area contributed by atoms with E-state index in [1.165, 1.54) is 18.2 Å². The van der Waals surface area contributed by atoms with Gasteiger partial charge in [0, 0.05) is 25.2 Å². The van der Waals surface area contributed by atoms with Gasteiger partial charge in [0.05, 0.1) is 13.2 Å². The van der Waals surface area contributed by atoms with Crippen molar-refractivity contribution in [1.82, 2.24) is 4.90 Å².